The molecule has 0 bridgehead atoms. The van der Waals surface area contributed by atoms with E-state index in [9.17, 15) is 32.7 Å². The van der Waals surface area contributed by atoms with E-state index >= 15 is 0 Å². The summed E-state index contributed by atoms with van der Waals surface area (Å²) in [6.07, 6.45) is 0.109. The van der Waals surface area contributed by atoms with E-state index in [1.807, 2.05) is 6.92 Å². The minimum Gasteiger partial charge on any atom is -0.480 e. The molecule has 1 atom stereocenters. The Balaban J connectivity index is 1.62. The summed E-state index contributed by atoms with van der Waals surface area (Å²) in [6.45, 7) is 7.27. The molecule has 0 aliphatic carbocycles. The number of benzene rings is 1. The van der Waals surface area contributed by atoms with Crippen molar-refractivity contribution in [3.05, 3.63) is 58.1 Å². The van der Waals surface area contributed by atoms with E-state index in [0.717, 1.165) is 12.1 Å². The minimum absolute atomic E-state index is 0.0282. The highest BCUT2D eigenvalue weighted by Crippen LogP contribution is 2.31. The van der Waals surface area contributed by atoms with Gasteiger partial charge in [0.05, 0.1) is 29.3 Å². The number of carboxylic acids is 1. The van der Waals surface area contributed by atoms with Gasteiger partial charge in [-0.2, -0.15) is 23.3 Å². The van der Waals surface area contributed by atoms with Gasteiger partial charge in [0.1, 0.15) is 11.9 Å². The van der Waals surface area contributed by atoms with Crippen molar-refractivity contribution in [2.24, 2.45) is 5.41 Å². The van der Waals surface area contributed by atoms with Crippen molar-refractivity contribution in [2.45, 2.75) is 79.0 Å². The van der Waals surface area contributed by atoms with Crippen LogP contribution in [0.4, 0.5) is 19.1 Å². The molecule has 1 fully saturated rings. The second-order valence-electron chi connectivity index (χ2n) is 12.0. The summed E-state index contributed by atoms with van der Waals surface area (Å²) in [7, 11) is 0. The van der Waals surface area contributed by atoms with Crippen LogP contribution in [-0.4, -0.2) is 58.5 Å². The third kappa shape index (κ3) is 6.42. The molecule has 4 aromatic rings. The molecule has 45 heavy (non-hydrogen) atoms. The second-order valence-corrected chi connectivity index (χ2v) is 12.0. The molecule has 4 heterocycles. The number of hydrogen-bond donors (Lipinski definition) is 1. The zero-order chi connectivity index (χ0) is 32.7. The molecule has 1 saturated heterocycles. The largest absolute Gasteiger partial charge is 0.480 e. The number of anilines is 1. The van der Waals surface area contributed by atoms with Crippen LogP contribution in [0.5, 0.6) is 0 Å². The first kappa shape index (κ1) is 31.7. The topological polar surface area (TPSA) is 137 Å². The molecule has 0 amide bonds. The minimum atomic E-state index is -4.49. The van der Waals surface area contributed by atoms with Gasteiger partial charge in [0.15, 0.2) is 17.9 Å². The fourth-order valence-electron chi connectivity index (χ4n) is 5.29. The molecule has 1 aliphatic rings. The highest BCUT2D eigenvalue weighted by molar-refractivity contribution is 5.81. The van der Waals surface area contributed by atoms with Crippen molar-refractivity contribution in [1.29, 1.82) is 0 Å². The van der Waals surface area contributed by atoms with Crippen molar-refractivity contribution in [1.82, 2.24) is 28.9 Å². The molecular weight excluding hydrogens is 595 g/mol. The van der Waals surface area contributed by atoms with Gasteiger partial charge < -0.3 is 14.7 Å². The Hall–Kier alpha value is -4.69. The maximum absolute atomic E-state index is 14.1. The van der Waals surface area contributed by atoms with Crippen LogP contribution < -0.4 is 10.5 Å². The number of aliphatic carboxylic acids is 1. The van der Waals surface area contributed by atoms with Gasteiger partial charge in [-0.25, -0.2) is 9.78 Å². The highest BCUT2D eigenvalue weighted by atomic mass is 19.4. The van der Waals surface area contributed by atoms with Gasteiger partial charge in [0, 0.05) is 19.3 Å². The third-order valence-corrected chi connectivity index (χ3v) is 7.51. The van der Waals surface area contributed by atoms with E-state index in [4.69, 9.17) is 4.74 Å². The summed E-state index contributed by atoms with van der Waals surface area (Å²) >= 11 is 0. The first-order valence-electron chi connectivity index (χ1n) is 14.6. The fraction of sp³-hybridized carbons (Fsp3) is 0.467. The first-order chi connectivity index (χ1) is 21.2. The molecule has 1 aliphatic heterocycles. The summed E-state index contributed by atoms with van der Waals surface area (Å²) in [4.78, 5) is 49.7. The number of halogens is 3. The lowest BCUT2D eigenvalue weighted by Crippen LogP contribution is -2.40. The molecule has 0 spiro atoms. The summed E-state index contributed by atoms with van der Waals surface area (Å²) < 4.78 is 49.6. The van der Waals surface area contributed by atoms with Crippen molar-refractivity contribution in [2.75, 3.05) is 11.4 Å². The Labute approximate surface area is 256 Å². The number of carboxylic acid groups (broad SMARTS) is 1. The highest BCUT2D eigenvalue weighted by Gasteiger charge is 2.35. The van der Waals surface area contributed by atoms with Gasteiger partial charge in [-0.15, -0.1) is 0 Å². The van der Waals surface area contributed by atoms with E-state index in [1.165, 1.54) is 26.1 Å². The van der Waals surface area contributed by atoms with Crippen LogP contribution in [0.1, 0.15) is 58.1 Å². The van der Waals surface area contributed by atoms with Gasteiger partial charge in [0.2, 0.25) is 5.95 Å². The summed E-state index contributed by atoms with van der Waals surface area (Å²) in [5, 5.41) is 14.1. The smallest absolute Gasteiger partial charge is 0.416 e. The van der Waals surface area contributed by atoms with Gasteiger partial charge in [-0.05, 0) is 57.7 Å². The van der Waals surface area contributed by atoms with Crippen molar-refractivity contribution < 1.29 is 32.6 Å². The SMILES string of the molecule is CCCn1c(N2CCCC2C(=O)O)nc2nc(-c3cnn(Cc4cccc(C(F)(F)F)c4)c3)n(COC(=O)C(C)(C)C)c2c1=O. The van der Waals surface area contributed by atoms with E-state index < -0.39 is 40.7 Å². The average molecular weight is 630 g/mol. The molecule has 0 saturated carbocycles. The Morgan fingerprint density at radius 1 is 1.13 bits per heavy atom. The van der Waals surface area contributed by atoms with Gasteiger partial charge in [0.25, 0.3) is 5.56 Å². The van der Waals surface area contributed by atoms with E-state index in [2.05, 4.69) is 15.1 Å². The zero-order valence-electron chi connectivity index (χ0n) is 25.3. The molecule has 1 aromatic carbocycles. The van der Waals surface area contributed by atoms with Crippen LogP contribution in [0.15, 0.2) is 41.5 Å². The molecule has 15 heteroatoms. The number of hydrogen-bond acceptors (Lipinski definition) is 8. The van der Waals surface area contributed by atoms with Gasteiger partial charge in [-0.3, -0.25) is 23.4 Å². The Kier molecular flexibility index (Phi) is 8.47. The van der Waals surface area contributed by atoms with Crippen LogP contribution in [0.3, 0.4) is 0 Å². The van der Waals surface area contributed by atoms with Crippen LogP contribution >= 0.6 is 0 Å². The maximum Gasteiger partial charge on any atom is 0.416 e. The van der Waals surface area contributed by atoms with E-state index in [-0.39, 0.29) is 42.8 Å². The Bertz CT molecular complexity index is 1800. The van der Waals surface area contributed by atoms with Crippen LogP contribution in [-0.2, 0) is 40.3 Å². The molecule has 1 unspecified atom stereocenters. The number of rotatable bonds is 9. The molecule has 3 aromatic heterocycles. The summed E-state index contributed by atoms with van der Waals surface area (Å²) in [5.74, 6) is -1.14. The normalized spacial score (nSPS) is 15.6. The summed E-state index contributed by atoms with van der Waals surface area (Å²) in [6, 6.07) is 4.08. The monoisotopic (exact) mass is 629 g/mol. The number of carbonyl (C=O) groups excluding carboxylic acids is 1. The van der Waals surface area contributed by atoms with Crippen LogP contribution in [0, 0.1) is 5.41 Å². The third-order valence-electron chi connectivity index (χ3n) is 7.51. The number of alkyl halides is 3. The number of aromatic nitrogens is 6. The number of esters is 1. The van der Waals surface area contributed by atoms with Gasteiger partial charge in [-0.1, -0.05) is 19.1 Å². The van der Waals surface area contributed by atoms with Crippen molar-refractivity contribution >= 4 is 29.1 Å². The van der Waals surface area contributed by atoms with Crippen molar-refractivity contribution in [3.63, 3.8) is 0 Å². The lowest BCUT2D eigenvalue weighted by molar-refractivity contribution is -0.156. The Morgan fingerprint density at radius 3 is 2.56 bits per heavy atom. The van der Waals surface area contributed by atoms with Crippen molar-refractivity contribution in [3.8, 4) is 11.4 Å². The molecule has 0 radical (unpaired) electrons. The zero-order valence-corrected chi connectivity index (χ0v) is 25.3. The number of ether oxygens (including phenoxy) is 1. The molecule has 240 valence electrons. The molecule has 12 nitrogen and oxygen atoms in total. The lowest BCUT2D eigenvalue weighted by atomic mass is 9.98. The lowest BCUT2D eigenvalue weighted by Gasteiger charge is -2.25. The first-order valence-corrected chi connectivity index (χ1v) is 14.6. The van der Waals surface area contributed by atoms with Crippen LogP contribution in [0.25, 0.3) is 22.6 Å². The molecule has 5 rings (SSSR count). The average Bonchev–Trinajstić information content (AvgIpc) is 3.71. The number of imidazole rings is 1. The number of fused-ring (bicyclic) bond motifs is 1. The van der Waals surface area contributed by atoms with Crippen LogP contribution in [0.2, 0.25) is 0 Å². The maximum atomic E-state index is 14.1. The fourth-order valence-corrected chi connectivity index (χ4v) is 5.29. The molecular formula is C30H34F3N7O5. The number of carbonyl (C=O) groups is 2. The summed E-state index contributed by atoms with van der Waals surface area (Å²) in [5.41, 5.74) is -1.22. The Morgan fingerprint density at radius 2 is 1.89 bits per heavy atom. The quantitative estimate of drug-likeness (QED) is 0.265. The molecule has 1 N–H and O–H groups in total. The van der Waals surface area contributed by atoms with E-state index in [0.29, 0.717) is 36.9 Å². The predicted octanol–water partition coefficient (Wildman–Crippen LogP) is 4.53. The predicted molar refractivity (Wildman–Crippen MR) is 157 cm³/mol. The second kappa shape index (κ2) is 12.0. The van der Waals surface area contributed by atoms with E-state index in [1.54, 1.807) is 37.9 Å². The number of nitrogens with zero attached hydrogens (tertiary/aromatic N) is 7. The standard InChI is InChI=1S/C30H34F3N7O5/c1-5-11-39-25(41)22-23(36-28(39)38-12-7-10-21(38)26(42)43)35-24(40(22)17-45-27(44)29(2,3)4)19-14-34-37(16-19)15-18-8-6-9-20(13-18)30(31,32)33/h6,8-9,13-14,16,21H,5,7,10-12,15,17H2,1-4H3,(H,42,43). The van der Waals surface area contributed by atoms with Gasteiger partial charge >= 0.3 is 18.1 Å².